The summed E-state index contributed by atoms with van der Waals surface area (Å²) in [6, 6.07) is 19.4. The molecule has 3 aromatic rings. The number of carbonyl (C=O) groups is 1. The normalized spacial score (nSPS) is 16.7. The summed E-state index contributed by atoms with van der Waals surface area (Å²) in [6.45, 7) is 0.426. The van der Waals surface area contributed by atoms with Gasteiger partial charge >= 0.3 is 6.18 Å². The van der Waals surface area contributed by atoms with E-state index in [1.165, 1.54) is 28.6 Å². The third kappa shape index (κ3) is 6.14. The number of hydrogen-bond acceptors (Lipinski definition) is 4. The van der Waals surface area contributed by atoms with Gasteiger partial charge in [0.05, 0.1) is 16.5 Å². The van der Waals surface area contributed by atoms with Crippen molar-refractivity contribution < 1.29 is 31.1 Å². The number of Topliss-reactive ketones (excluding diaryl/α,β-unsaturated/α-hetero) is 1. The molecule has 0 N–H and O–H groups in total. The number of hydrogen-bond donors (Lipinski definition) is 0. The van der Waals surface area contributed by atoms with E-state index in [1.54, 1.807) is 36.4 Å². The van der Waals surface area contributed by atoms with Crippen LogP contribution in [0.3, 0.4) is 0 Å². The minimum atomic E-state index is -4.38. The maximum Gasteiger partial charge on any atom is 0.416 e. The van der Waals surface area contributed by atoms with Gasteiger partial charge in [-0.15, -0.1) is 0 Å². The molecule has 1 saturated heterocycles. The fourth-order valence-corrected chi connectivity index (χ4v) is 5.96. The molecule has 9 heteroatoms. The first kappa shape index (κ1) is 25.9. The van der Waals surface area contributed by atoms with Gasteiger partial charge in [-0.2, -0.15) is 17.5 Å². The maximum atomic E-state index is 13.0. The van der Waals surface area contributed by atoms with Crippen molar-refractivity contribution in [3.05, 3.63) is 95.6 Å². The number of ether oxygens (including phenoxy) is 1. The lowest BCUT2D eigenvalue weighted by Gasteiger charge is -2.23. The van der Waals surface area contributed by atoms with Crippen LogP contribution in [0.2, 0.25) is 0 Å². The fraction of sp³-hybridized carbons (Fsp3) is 0.296. The van der Waals surface area contributed by atoms with E-state index in [0.717, 1.165) is 17.7 Å². The van der Waals surface area contributed by atoms with Gasteiger partial charge in [0.2, 0.25) is 10.0 Å². The van der Waals surface area contributed by atoms with Crippen LogP contribution in [0.15, 0.2) is 83.8 Å². The summed E-state index contributed by atoms with van der Waals surface area (Å²) in [7, 11) is -3.74. The lowest BCUT2D eigenvalue weighted by atomic mass is 10.0. The third-order valence-corrected chi connectivity index (χ3v) is 8.09. The van der Waals surface area contributed by atoms with Crippen molar-refractivity contribution in [3.8, 4) is 5.75 Å². The zero-order chi connectivity index (χ0) is 25.8. The number of carbonyl (C=O) groups excluding carboxylic acids is 1. The van der Waals surface area contributed by atoms with Crippen molar-refractivity contribution in [2.75, 3.05) is 6.54 Å². The van der Waals surface area contributed by atoms with Crippen molar-refractivity contribution in [1.29, 1.82) is 0 Å². The van der Waals surface area contributed by atoms with E-state index in [0.29, 0.717) is 37.1 Å². The Bertz CT molecular complexity index is 1290. The monoisotopic (exact) mass is 517 g/mol. The second-order valence-corrected chi connectivity index (χ2v) is 10.6. The first-order valence-electron chi connectivity index (χ1n) is 11.6. The summed E-state index contributed by atoms with van der Waals surface area (Å²) < 4.78 is 71.2. The minimum Gasteiger partial charge on any atom is -0.489 e. The summed E-state index contributed by atoms with van der Waals surface area (Å²) in [5.74, 6) is 0.414. The van der Waals surface area contributed by atoms with Gasteiger partial charge in [0.25, 0.3) is 0 Å². The van der Waals surface area contributed by atoms with Gasteiger partial charge in [-0.1, -0.05) is 42.5 Å². The predicted octanol–water partition coefficient (Wildman–Crippen LogP) is 5.64. The van der Waals surface area contributed by atoms with Crippen LogP contribution >= 0.6 is 0 Å². The number of benzene rings is 3. The largest absolute Gasteiger partial charge is 0.489 e. The van der Waals surface area contributed by atoms with Crippen LogP contribution in [-0.4, -0.2) is 31.1 Å². The summed E-state index contributed by atoms with van der Waals surface area (Å²) in [5, 5.41) is 0. The minimum absolute atomic E-state index is 0.106. The van der Waals surface area contributed by atoms with Crippen molar-refractivity contribution in [2.45, 2.75) is 49.4 Å². The van der Waals surface area contributed by atoms with Crippen LogP contribution in [0.4, 0.5) is 13.2 Å². The van der Waals surface area contributed by atoms with Gasteiger partial charge in [-0.3, -0.25) is 4.79 Å². The Hall–Kier alpha value is -3.17. The van der Waals surface area contributed by atoms with E-state index in [2.05, 4.69) is 0 Å². The molecule has 4 rings (SSSR count). The highest BCUT2D eigenvalue weighted by molar-refractivity contribution is 7.89. The predicted molar refractivity (Wildman–Crippen MR) is 129 cm³/mol. The molecule has 1 fully saturated rings. The molecule has 0 amide bonds. The highest BCUT2D eigenvalue weighted by Crippen LogP contribution is 2.30. The first-order valence-corrected chi connectivity index (χ1v) is 13.1. The zero-order valence-electron chi connectivity index (χ0n) is 19.4. The van der Waals surface area contributed by atoms with Crippen molar-refractivity contribution in [2.24, 2.45) is 0 Å². The van der Waals surface area contributed by atoms with Gasteiger partial charge in [-0.25, -0.2) is 8.42 Å². The van der Waals surface area contributed by atoms with Gasteiger partial charge in [0, 0.05) is 13.0 Å². The topological polar surface area (TPSA) is 63.7 Å². The standard InChI is InChI=1S/C27H26F3NO4S/c28-27(29,30)22-14-11-21(12-15-22)19-35-23-7-4-6-20(18-23)13-16-26(32)25-10-5-17-31(25)36(33,34)24-8-2-1-3-9-24/h1-4,6-9,11-12,14-15,18,25H,5,10,13,16-17,19H2/t25-/m0/s1. The number of rotatable bonds is 9. The molecule has 0 saturated carbocycles. The van der Waals surface area contributed by atoms with Crippen LogP contribution in [0.1, 0.15) is 36.0 Å². The smallest absolute Gasteiger partial charge is 0.416 e. The number of alkyl halides is 3. The third-order valence-electron chi connectivity index (χ3n) is 6.17. The van der Waals surface area contributed by atoms with Crippen molar-refractivity contribution in [3.63, 3.8) is 0 Å². The molecule has 3 aromatic carbocycles. The molecule has 1 aliphatic rings. The molecule has 1 atom stereocenters. The Morgan fingerprint density at radius 3 is 2.36 bits per heavy atom. The molecule has 1 heterocycles. The Morgan fingerprint density at radius 1 is 0.944 bits per heavy atom. The Kier molecular flexibility index (Phi) is 7.80. The van der Waals surface area contributed by atoms with Gasteiger partial charge < -0.3 is 4.74 Å². The molecule has 0 spiro atoms. The summed E-state index contributed by atoms with van der Waals surface area (Å²) in [4.78, 5) is 13.2. The van der Waals surface area contributed by atoms with E-state index in [-0.39, 0.29) is 23.7 Å². The second kappa shape index (κ2) is 10.8. The Balaban J connectivity index is 1.34. The fourth-order valence-electron chi connectivity index (χ4n) is 4.26. The van der Waals surface area contributed by atoms with Crippen LogP contribution in [0.5, 0.6) is 5.75 Å². The van der Waals surface area contributed by atoms with Crippen LogP contribution in [-0.2, 0) is 34.0 Å². The van der Waals surface area contributed by atoms with Crippen LogP contribution in [0.25, 0.3) is 0 Å². The Morgan fingerprint density at radius 2 is 1.67 bits per heavy atom. The van der Waals surface area contributed by atoms with E-state index in [4.69, 9.17) is 4.74 Å². The second-order valence-electron chi connectivity index (χ2n) is 8.68. The highest BCUT2D eigenvalue weighted by atomic mass is 32.2. The van der Waals surface area contributed by atoms with Gasteiger partial charge in [0.1, 0.15) is 12.4 Å². The molecule has 190 valence electrons. The number of ketones is 1. The molecular formula is C27H26F3NO4S. The number of halogens is 3. The van der Waals surface area contributed by atoms with Crippen LogP contribution in [0, 0.1) is 0 Å². The van der Waals surface area contributed by atoms with Crippen LogP contribution < -0.4 is 4.74 Å². The van der Waals surface area contributed by atoms with E-state index >= 15 is 0 Å². The SMILES string of the molecule is O=C(CCc1cccc(OCc2ccc(C(F)(F)F)cc2)c1)[C@@H]1CCCN1S(=O)(=O)c1ccccc1. The molecule has 36 heavy (non-hydrogen) atoms. The lowest BCUT2D eigenvalue weighted by Crippen LogP contribution is -2.40. The van der Waals surface area contributed by atoms with Gasteiger partial charge in [-0.05, 0) is 66.8 Å². The van der Waals surface area contributed by atoms with E-state index < -0.39 is 27.8 Å². The number of nitrogens with zero attached hydrogens (tertiary/aromatic N) is 1. The quantitative estimate of drug-likeness (QED) is 0.369. The number of sulfonamides is 1. The van der Waals surface area contributed by atoms with Crippen molar-refractivity contribution >= 4 is 15.8 Å². The summed E-state index contributed by atoms with van der Waals surface area (Å²) in [5.41, 5.74) is 0.739. The van der Waals surface area contributed by atoms with E-state index in [9.17, 15) is 26.4 Å². The average Bonchev–Trinajstić information content (AvgIpc) is 3.38. The molecule has 0 aromatic heterocycles. The molecule has 5 nitrogen and oxygen atoms in total. The maximum absolute atomic E-state index is 13.0. The summed E-state index contributed by atoms with van der Waals surface area (Å²) >= 11 is 0. The highest BCUT2D eigenvalue weighted by Gasteiger charge is 2.38. The molecular weight excluding hydrogens is 491 g/mol. The molecule has 0 radical (unpaired) electrons. The Labute approximate surface area is 208 Å². The van der Waals surface area contributed by atoms with Crippen molar-refractivity contribution in [1.82, 2.24) is 4.31 Å². The zero-order valence-corrected chi connectivity index (χ0v) is 20.3. The van der Waals surface area contributed by atoms with Gasteiger partial charge in [0.15, 0.2) is 5.78 Å². The first-order chi connectivity index (χ1) is 17.1. The average molecular weight is 518 g/mol. The summed E-state index contributed by atoms with van der Waals surface area (Å²) in [6.07, 6.45) is -2.64. The van der Waals surface area contributed by atoms with E-state index in [1.807, 2.05) is 6.07 Å². The molecule has 1 aliphatic heterocycles. The molecule has 0 bridgehead atoms. The lowest BCUT2D eigenvalue weighted by molar-refractivity contribution is -0.137. The molecule has 0 aliphatic carbocycles. The number of aryl methyl sites for hydroxylation is 1. The molecule has 0 unspecified atom stereocenters.